The molecule has 0 saturated carbocycles. The molecular weight excluding hydrogens is 391 g/mol. The lowest BCUT2D eigenvalue weighted by Crippen LogP contribution is -2.13. The zero-order chi connectivity index (χ0) is 20.1. The van der Waals surface area contributed by atoms with Crippen molar-refractivity contribution in [3.05, 3.63) is 94.5 Å². The quantitative estimate of drug-likeness (QED) is 0.549. The third-order valence-electron chi connectivity index (χ3n) is 3.90. The van der Waals surface area contributed by atoms with Crippen LogP contribution in [0.1, 0.15) is 21.5 Å². The second-order valence-corrected chi connectivity index (χ2v) is 6.35. The molecule has 28 heavy (non-hydrogen) atoms. The second kappa shape index (κ2) is 8.35. The second-order valence-electron chi connectivity index (χ2n) is 5.94. The van der Waals surface area contributed by atoms with Gasteiger partial charge in [-0.1, -0.05) is 41.9 Å². The minimum atomic E-state index is -4.48. The highest BCUT2D eigenvalue weighted by atomic mass is 35.5. The molecule has 0 fully saturated rings. The Morgan fingerprint density at radius 2 is 1.71 bits per heavy atom. The number of alkyl halides is 3. The first kappa shape index (κ1) is 19.8. The fourth-order valence-electron chi connectivity index (χ4n) is 2.48. The Kier molecular flexibility index (Phi) is 5.90. The average molecular weight is 406 g/mol. The molecule has 1 amide bonds. The number of anilines is 1. The molecule has 1 N–H and O–H groups in total. The molecule has 3 aromatic carbocycles. The van der Waals surface area contributed by atoms with Gasteiger partial charge < -0.3 is 10.1 Å². The Morgan fingerprint density at radius 3 is 2.46 bits per heavy atom. The van der Waals surface area contributed by atoms with Gasteiger partial charge in [-0.3, -0.25) is 4.79 Å². The third kappa shape index (κ3) is 5.04. The fraction of sp³-hybridized carbons (Fsp3) is 0.0952. The van der Waals surface area contributed by atoms with Gasteiger partial charge in [0.15, 0.2) is 0 Å². The van der Waals surface area contributed by atoms with Gasteiger partial charge in [0.1, 0.15) is 12.4 Å². The molecule has 7 heteroatoms. The van der Waals surface area contributed by atoms with Crippen molar-refractivity contribution in [3.63, 3.8) is 0 Å². The van der Waals surface area contributed by atoms with E-state index in [0.29, 0.717) is 10.8 Å². The first-order valence-corrected chi connectivity index (χ1v) is 8.65. The number of amides is 1. The van der Waals surface area contributed by atoms with Crippen LogP contribution >= 0.6 is 11.6 Å². The van der Waals surface area contributed by atoms with Crippen LogP contribution in [-0.2, 0) is 12.8 Å². The van der Waals surface area contributed by atoms with Crippen LogP contribution in [-0.4, -0.2) is 5.91 Å². The van der Waals surface area contributed by atoms with E-state index in [-0.39, 0.29) is 17.9 Å². The van der Waals surface area contributed by atoms with Gasteiger partial charge in [-0.15, -0.1) is 0 Å². The van der Waals surface area contributed by atoms with Crippen LogP contribution in [0.3, 0.4) is 0 Å². The summed E-state index contributed by atoms with van der Waals surface area (Å²) >= 11 is 6.08. The zero-order valence-electron chi connectivity index (χ0n) is 14.5. The van der Waals surface area contributed by atoms with Gasteiger partial charge in [0.25, 0.3) is 5.91 Å². The van der Waals surface area contributed by atoms with E-state index in [9.17, 15) is 18.0 Å². The van der Waals surface area contributed by atoms with Crippen molar-refractivity contribution < 1.29 is 22.7 Å². The van der Waals surface area contributed by atoms with Gasteiger partial charge in [0.05, 0.1) is 5.56 Å². The molecule has 0 aliphatic carbocycles. The molecule has 0 atom stereocenters. The third-order valence-corrected chi connectivity index (χ3v) is 4.26. The average Bonchev–Trinajstić information content (AvgIpc) is 2.67. The minimum absolute atomic E-state index is 0.0576. The van der Waals surface area contributed by atoms with Crippen LogP contribution in [0.2, 0.25) is 5.02 Å². The number of halogens is 4. The molecule has 3 nitrogen and oxygen atoms in total. The van der Waals surface area contributed by atoms with E-state index in [1.54, 1.807) is 24.3 Å². The highest BCUT2D eigenvalue weighted by molar-refractivity contribution is 6.31. The fourth-order valence-corrected chi connectivity index (χ4v) is 2.67. The highest BCUT2D eigenvalue weighted by Crippen LogP contribution is 2.30. The van der Waals surface area contributed by atoms with Gasteiger partial charge in [-0.2, -0.15) is 13.2 Å². The summed E-state index contributed by atoms with van der Waals surface area (Å²) < 4.78 is 44.1. The van der Waals surface area contributed by atoms with Gasteiger partial charge in [-0.25, -0.2) is 0 Å². The van der Waals surface area contributed by atoms with E-state index >= 15 is 0 Å². The molecule has 0 heterocycles. The van der Waals surface area contributed by atoms with Crippen molar-refractivity contribution in [2.24, 2.45) is 0 Å². The molecular formula is C21H15ClF3NO2. The molecule has 0 aromatic heterocycles. The number of hydrogen-bond acceptors (Lipinski definition) is 2. The van der Waals surface area contributed by atoms with Crippen molar-refractivity contribution in [1.82, 2.24) is 0 Å². The van der Waals surface area contributed by atoms with Gasteiger partial charge in [0.2, 0.25) is 0 Å². The highest BCUT2D eigenvalue weighted by Gasteiger charge is 2.30. The number of rotatable bonds is 5. The number of ether oxygens (including phenoxy) is 1. The van der Waals surface area contributed by atoms with E-state index in [1.165, 1.54) is 18.2 Å². The monoisotopic (exact) mass is 405 g/mol. The van der Waals surface area contributed by atoms with Crippen LogP contribution < -0.4 is 10.1 Å². The first-order chi connectivity index (χ1) is 13.3. The summed E-state index contributed by atoms with van der Waals surface area (Å²) in [6.07, 6.45) is -4.48. The predicted octanol–water partition coefficient (Wildman–Crippen LogP) is 6.19. The largest absolute Gasteiger partial charge is 0.489 e. The van der Waals surface area contributed by atoms with E-state index in [2.05, 4.69) is 5.32 Å². The summed E-state index contributed by atoms with van der Waals surface area (Å²) in [5.74, 6) is -0.0980. The van der Waals surface area contributed by atoms with Crippen molar-refractivity contribution in [3.8, 4) is 5.75 Å². The minimum Gasteiger partial charge on any atom is -0.489 e. The lowest BCUT2D eigenvalue weighted by Gasteiger charge is -2.11. The maximum atomic E-state index is 12.8. The number of carbonyl (C=O) groups is 1. The van der Waals surface area contributed by atoms with Gasteiger partial charge >= 0.3 is 6.18 Å². The zero-order valence-corrected chi connectivity index (χ0v) is 15.2. The molecule has 144 valence electrons. The predicted molar refractivity (Wildman–Crippen MR) is 102 cm³/mol. The Morgan fingerprint density at radius 1 is 0.964 bits per heavy atom. The molecule has 3 aromatic rings. The summed E-state index contributed by atoms with van der Waals surface area (Å²) in [5.41, 5.74) is 0.279. The SMILES string of the molecule is O=C(Nc1cccc(C(F)(F)F)c1)c1cccc(OCc2ccccc2Cl)c1. The van der Waals surface area contributed by atoms with Crippen LogP contribution in [0.5, 0.6) is 5.75 Å². The standard InChI is InChI=1S/C21H15ClF3NO2/c22-19-10-2-1-5-15(19)13-28-18-9-3-6-14(11-18)20(27)26-17-8-4-7-16(12-17)21(23,24)25/h1-12H,13H2,(H,26,27). The van der Waals surface area contributed by atoms with Crippen LogP contribution in [0.15, 0.2) is 72.8 Å². The van der Waals surface area contributed by atoms with E-state index < -0.39 is 17.6 Å². The molecule has 3 rings (SSSR count). The number of hydrogen-bond donors (Lipinski definition) is 1. The van der Waals surface area contributed by atoms with Crippen LogP contribution in [0, 0.1) is 0 Å². The van der Waals surface area contributed by atoms with E-state index in [0.717, 1.165) is 17.7 Å². The summed E-state index contributed by atoms with van der Waals surface area (Å²) in [4.78, 5) is 12.4. The molecule has 0 bridgehead atoms. The smallest absolute Gasteiger partial charge is 0.416 e. The summed E-state index contributed by atoms with van der Waals surface area (Å²) in [6.45, 7) is 0.221. The lowest BCUT2D eigenvalue weighted by molar-refractivity contribution is -0.137. The molecule has 0 aliphatic heterocycles. The number of nitrogens with one attached hydrogen (secondary N) is 1. The van der Waals surface area contributed by atoms with Gasteiger partial charge in [-0.05, 0) is 42.5 Å². The molecule has 0 spiro atoms. The normalized spacial score (nSPS) is 11.1. The maximum absolute atomic E-state index is 12.8. The Labute approximate surface area is 164 Å². The summed E-state index contributed by atoms with van der Waals surface area (Å²) in [6, 6.07) is 18.0. The molecule has 0 aliphatic rings. The first-order valence-electron chi connectivity index (χ1n) is 8.28. The van der Waals surface area contributed by atoms with Crippen LogP contribution in [0.25, 0.3) is 0 Å². The topological polar surface area (TPSA) is 38.3 Å². The Bertz CT molecular complexity index is 989. The summed E-state index contributed by atoms with van der Waals surface area (Å²) in [5, 5.41) is 3.04. The number of benzene rings is 3. The molecule has 0 unspecified atom stereocenters. The maximum Gasteiger partial charge on any atom is 0.416 e. The van der Waals surface area contributed by atoms with Crippen LogP contribution in [0.4, 0.5) is 18.9 Å². The summed E-state index contributed by atoms with van der Waals surface area (Å²) in [7, 11) is 0. The van der Waals surface area contributed by atoms with Crippen molar-refractivity contribution >= 4 is 23.2 Å². The molecule has 0 saturated heterocycles. The van der Waals surface area contributed by atoms with E-state index in [1.807, 2.05) is 18.2 Å². The number of carbonyl (C=O) groups excluding carboxylic acids is 1. The van der Waals surface area contributed by atoms with Gasteiger partial charge in [0, 0.05) is 21.8 Å². The van der Waals surface area contributed by atoms with Crippen molar-refractivity contribution in [2.45, 2.75) is 12.8 Å². The van der Waals surface area contributed by atoms with Crippen molar-refractivity contribution in [1.29, 1.82) is 0 Å². The Hall–Kier alpha value is -2.99. The van der Waals surface area contributed by atoms with Crippen molar-refractivity contribution in [2.75, 3.05) is 5.32 Å². The van der Waals surface area contributed by atoms with E-state index in [4.69, 9.17) is 16.3 Å². The molecule has 0 radical (unpaired) electrons. The Balaban J connectivity index is 1.70. The lowest BCUT2D eigenvalue weighted by atomic mass is 10.1.